The highest BCUT2D eigenvalue weighted by Gasteiger charge is 2.15. The number of rotatable bonds is 10. The summed E-state index contributed by atoms with van der Waals surface area (Å²) in [5.41, 5.74) is 2.54. The molecular weight excluding hydrogens is 411 g/mol. The van der Waals surface area contributed by atoms with Crippen LogP contribution in [0.1, 0.15) is 24.1 Å². The van der Waals surface area contributed by atoms with E-state index in [1.807, 2.05) is 30.3 Å². The van der Waals surface area contributed by atoms with Crippen molar-refractivity contribution in [2.75, 3.05) is 34.4 Å². The van der Waals surface area contributed by atoms with Gasteiger partial charge in [-0.25, -0.2) is 4.79 Å². The van der Waals surface area contributed by atoms with Crippen LogP contribution in [0.2, 0.25) is 0 Å². The van der Waals surface area contributed by atoms with Crippen LogP contribution in [0.15, 0.2) is 54.6 Å². The minimum atomic E-state index is -0.384. The Morgan fingerprint density at radius 3 is 2.21 bits per heavy atom. The van der Waals surface area contributed by atoms with Gasteiger partial charge in [-0.1, -0.05) is 42.5 Å². The van der Waals surface area contributed by atoms with Crippen molar-refractivity contribution in [3.63, 3.8) is 0 Å². The number of carbonyl (C=O) groups is 1. The number of ether oxygens (including phenoxy) is 2. The van der Waals surface area contributed by atoms with E-state index in [1.165, 1.54) is 18.2 Å². The molecule has 29 heavy (non-hydrogen) atoms. The Hall–Kier alpha value is -1.79. The molecule has 162 valence electrons. The van der Waals surface area contributed by atoms with Crippen LogP contribution in [-0.4, -0.2) is 51.3 Å². The van der Waals surface area contributed by atoms with E-state index < -0.39 is 0 Å². The lowest BCUT2D eigenvalue weighted by molar-refractivity contribution is -0.142. The van der Waals surface area contributed by atoms with Gasteiger partial charge in [-0.15, -0.1) is 24.8 Å². The summed E-state index contributed by atoms with van der Waals surface area (Å²) in [6.07, 6.45) is 0.923. The Morgan fingerprint density at radius 2 is 1.66 bits per heavy atom. The monoisotopic (exact) mass is 442 g/mol. The minimum absolute atomic E-state index is 0. The van der Waals surface area contributed by atoms with Crippen molar-refractivity contribution in [3.8, 4) is 5.75 Å². The van der Waals surface area contributed by atoms with Gasteiger partial charge in [0, 0.05) is 18.6 Å². The molecule has 5 nitrogen and oxygen atoms in total. The largest absolute Gasteiger partial charge is 0.482 e. The van der Waals surface area contributed by atoms with Crippen LogP contribution in [0.3, 0.4) is 0 Å². The molecule has 2 unspecified atom stereocenters. The predicted octanol–water partition coefficient (Wildman–Crippen LogP) is 3.91. The van der Waals surface area contributed by atoms with Crippen molar-refractivity contribution in [2.24, 2.45) is 0 Å². The van der Waals surface area contributed by atoms with Gasteiger partial charge in [-0.05, 0) is 50.7 Å². The van der Waals surface area contributed by atoms with Crippen LogP contribution in [0.5, 0.6) is 5.75 Å². The average Bonchev–Trinajstić information content (AvgIpc) is 2.68. The second-order valence-electron chi connectivity index (χ2n) is 6.91. The Balaban J connectivity index is 0.00000392. The molecule has 0 radical (unpaired) electrons. The van der Waals surface area contributed by atoms with Crippen LogP contribution in [0.4, 0.5) is 0 Å². The lowest BCUT2D eigenvalue weighted by atomic mass is 10.0. The van der Waals surface area contributed by atoms with Crippen molar-refractivity contribution >= 4 is 30.8 Å². The number of hydrogen-bond donors (Lipinski definition) is 1. The molecule has 7 heteroatoms. The summed E-state index contributed by atoms with van der Waals surface area (Å²) in [6, 6.07) is 19.1. The summed E-state index contributed by atoms with van der Waals surface area (Å²) in [7, 11) is 5.57. The number of methoxy groups -OCH3 is 1. The van der Waals surface area contributed by atoms with E-state index in [0.29, 0.717) is 17.8 Å². The standard InChI is InChI=1S/C22H30N2O3.2ClH/c1-17(23-15-21(24(2)3)19-8-6-5-7-9-19)14-18-10-12-20(13-11-18)27-16-22(25)26-4;;/h5-13,17,21,23H,14-16H2,1-4H3;2*1H. The zero-order chi connectivity index (χ0) is 19.6. The molecule has 0 bridgehead atoms. The smallest absolute Gasteiger partial charge is 0.343 e. The maximum atomic E-state index is 11.1. The van der Waals surface area contributed by atoms with Gasteiger partial charge in [0.1, 0.15) is 5.75 Å². The average molecular weight is 443 g/mol. The first-order valence-corrected chi connectivity index (χ1v) is 9.23. The van der Waals surface area contributed by atoms with Gasteiger partial charge in [0.25, 0.3) is 0 Å². The molecule has 2 aromatic rings. The van der Waals surface area contributed by atoms with Crippen molar-refractivity contribution in [3.05, 3.63) is 65.7 Å². The summed E-state index contributed by atoms with van der Waals surface area (Å²) < 4.78 is 9.94. The van der Waals surface area contributed by atoms with Gasteiger partial charge in [0.2, 0.25) is 0 Å². The van der Waals surface area contributed by atoms with Gasteiger partial charge in [0.15, 0.2) is 6.61 Å². The molecule has 0 heterocycles. The molecule has 0 spiro atoms. The number of carbonyl (C=O) groups excluding carboxylic acids is 1. The summed E-state index contributed by atoms with van der Waals surface area (Å²) in [4.78, 5) is 13.4. The maximum absolute atomic E-state index is 11.1. The quantitative estimate of drug-likeness (QED) is 0.565. The Labute approximate surface area is 186 Å². The molecule has 2 atom stereocenters. The molecule has 0 saturated carbocycles. The zero-order valence-electron chi connectivity index (χ0n) is 17.5. The van der Waals surface area contributed by atoms with Crippen LogP contribution in [0, 0.1) is 0 Å². The number of hydrogen-bond acceptors (Lipinski definition) is 5. The van der Waals surface area contributed by atoms with Gasteiger partial charge >= 0.3 is 5.97 Å². The fourth-order valence-corrected chi connectivity index (χ4v) is 2.94. The predicted molar refractivity (Wildman–Crippen MR) is 122 cm³/mol. The van der Waals surface area contributed by atoms with Crippen LogP contribution >= 0.6 is 24.8 Å². The van der Waals surface area contributed by atoms with E-state index in [1.54, 1.807) is 0 Å². The molecule has 0 aromatic heterocycles. The Bertz CT molecular complexity index is 697. The van der Waals surface area contributed by atoms with E-state index in [0.717, 1.165) is 13.0 Å². The second kappa shape index (κ2) is 14.2. The lowest BCUT2D eigenvalue weighted by Crippen LogP contribution is -2.36. The van der Waals surface area contributed by atoms with Crippen molar-refractivity contribution in [1.29, 1.82) is 0 Å². The van der Waals surface area contributed by atoms with E-state index in [4.69, 9.17) is 4.74 Å². The highest BCUT2D eigenvalue weighted by molar-refractivity contribution is 5.85. The summed E-state index contributed by atoms with van der Waals surface area (Å²) >= 11 is 0. The number of benzene rings is 2. The second-order valence-corrected chi connectivity index (χ2v) is 6.91. The molecule has 2 rings (SSSR count). The maximum Gasteiger partial charge on any atom is 0.343 e. The van der Waals surface area contributed by atoms with Crippen molar-refractivity contribution < 1.29 is 14.3 Å². The van der Waals surface area contributed by atoms with E-state index in [9.17, 15) is 4.79 Å². The summed E-state index contributed by atoms with van der Waals surface area (Å²) in [5, 5.41) is 3.64. The fourth-order valence-electron chi connectivity index (χ4n) is 2.94. The van der Waals surface area contributed by atoms with Gasteiger partial charge in [-0.2, -0.15) is 0 Å². The van der Waals surface area contributed by atoms with E-state index in [-0.39, 0.29) is 37.4 Å². The zero-order valence-corrected chi connectivity index (χ0v) is 19.1. The van der Waals surface area contributed by atoms with Gasteiger partial charge in [0.05, 0.1) is 7.11 Å². The Kier molecular flexibility index (Phi) is 13.4. The van der Waals surface area contributed by atoms with Crippen molar-refractivity contribution in [2.45, 2.75) is 25.4 Å². The minimum Gasteiger partial charge on any atom is -0.482 e. The molecule has 0 fully saturated rings. The highest BCUT2D eigenvalue weighted by Crippen LogP contribution is 2.18. The molecule has 0 aliphatic rings. The number of esters is 1. The first kappa shape index (κ1) is 27.2. The first-order valence-electron chi connectivity index (χ1n) is 9.23. The van der Waals surface area contributed by atoms with Crippen LogP contribution < -0.4 is 10.1 Å². The molecule has 0 saturated heterocycles. The molecule has 1 N–H and O–H groups in total. The molecular formula is C22H32Cl2N2O3. The molecule has 0 aliphatic heterocycles. The number of nitrogens with zero attached hydrogens (tertiary/aromatic N) is 1. The topological polar surface area (TPSA) is 50.8 Å². The van der Waals surface area contributed by atoms with Crippen LogP contribution in [-0.2, 0) is 16.0 Å². The van der Waals surface area contributed by atoms with Crippen LogP contribution in [0.25, 0.3) is 0 Å². The lowest BCUT2D eigenvalue weighted by Gasteiger charge is -2.27. The van der Waals surface area contributed by atoms with Crippen molar-refractivity contribution in [1.82, 2.24) is 10.2 Å². The molecule has 0 aliphatic carbocycles. The third-order valence-electron chi connectivity index (χ3n) is 4.52. The van der Waals surface area contributed by atoms with Gasteiger partial charge < -0.3 is 19.7 Å². The number of nitrogens with one attached hydrogen (secondary N) is 1. The van der Waals surface area contributed by atoms with E-state index >= 15 is 0 Å². The third-order valence-corrected chi connectivity index (χ3v) is 4.52. The first-order chi connectivity index (χ1) is 13.0. The Morgan fingerprint density at radius 1 is 1.03 bits per heavy atom. The molecule has 0 amide bonds. The number of halogens is 2. The van der Waals surface area contributed by atoms with Gasteiger partial charge in [-0.3, -0.25) is 0 Å². The SMILES string of the molecule is COC(=O)COc1ccc(CC(C)NCC(c2ccccc2)N(C)C)cc1.Cl.Cl. The third kappa shape index (κ3) is 9.50. The summed E-state index contributed by atoms with van der Waals surface area (Å²) in [5.74, 6) is 0.285. The fraction of sp³-hybridized carbons (Fsp3) is 0.409. The molecule has 2 aromatic carbocycles. The highest BCUT2D eigenvalue weighted by atomic mass is 35.5. The summed E-state index contributed by atoms with van der Waals surface area (Å²) in [6.45, 7) is 3.01. The van der Waals surface area contributed by atoms with E-state index in [2.05, 4.69) is 60.2 Å². The normalized spacial score (nSPS) is 12.3. The number of likely N-dealkylation sites (N-methyl/N-ethyl adjacent to an activating group) is 1.